The van der Waals surface area contributed by atoms with Gasteiger partial charge in [0.25, 0.3) is 0 Å². The Labute approximate surface area is 139 Å². The maximum Gasteiger partial charge on any atom is 0.0852 e. The predicted molar refractivity (Wildman–Crippen MR) is 92.3 cm³/mol. The summed E-state index contributed by atoms with van der Waals surface area (Å²) in [4.78, 5) is 2.46. The Kier molecular flexibility index (Phi) is 5.70. The van der Waals surface area contributed by atoms with Crippen molar-refractivity contribution in [3.8, 4) is 0 Å². The Hall–Kier alpha value is -0.940. The molecule has 0 spiro atoms. The van der Waals surface area contributed by atoms with Gasteiger partial charge in [-0.05, 0) is 25.3 Å². The van der Waals surface area contributed by atoms with Gasteiger partial charge < -0.3 is 15.2 Å². The largest absolute Gasteiger partial charge is 0.389 e. The van der Waals surface area contributed by atoms with Gasteiger partial charge in [-0.1, -0.05) is 43.2 Å². The fraction of sp³-hybridized carbons (Fsp3) is 0.684. The molecule has 2 N–H and O–H groups in total. The molecule has 2 fully saturated rings. The fourth-order valence-electron chi connectivity index (χ4n) is 3.71. The minimum absolute atomic E-state index is 0.192. The van der Waals surface area contributed by atoms with Crippen LogP contribution in [-0.4, -0.2) is 54.0 Å². The third-order valence-corrected chi connectivity index (χ3v) is 5.27. The quantitative estimate of drug-likeness (QED) is 0.844. The number of morpholine rings is 1. The zero-order valence-corrected chi connectivity index (χ0v) is 14.2. The number of ether oxygens (including phenoxy) is 1. The number of aliphatic hydroxyl groups is 1. The van der Waals surface area contributed by atoms with Crippen LogP contribution in [0.5, 0.6) is 0 Å². The highest BCUT2D eigenvalue weighted by atomic mass is 16.5. The summed E-state index contributed by atoms with van der Waals surface area (Å²) in [6, 6.07) is 10.9. The summed E-state index contributed by atoms with van der Waals surface area (Å²) in [6.07, 6.45) is 4.35. The second-order valence-corrected chi connectivity index (χ2v) is 7.23. The highest BCUT2D eigenvalue weighted by Gasteiger charge is 2.32. The molecule has 0 bridgehead atoms. The van der Waals surface area contributed by atoms with Gasteiger partial charge in [0.05, 0.1) is 18.3 Å². The average Bonchev–Trinajstić information content (AvgIpc) is 3.01. The van der Waals surface area contributed by atoms with Crippen molar-refractivity contribution in [1.82, 2.24) is 10.2 Å². The van der Waals surface area contributed by atoms with Crippen LogP contribution in [-0.2, 0) is 11.3 Å². The van der Waals surface area contributed by atoms with Crippen LogP contribution in [0.1, 0.15) is 38.2 Å². The molecule has 1 saturated heterocycles. The summed E-state index contributed by atoms with van der Waals surface area (Å²) in [5.41, 5.74) is 0.862. The zero-order valence-electron chi connectivity index (χ0n) is 14.2. The molecule has 4 nitrogen and oxygen atoms in total. The second kappa shape index (κ2) is 7.75. The van der Waals surface area contributed by atoms with E-state index in [9.17, 15) is 5.11 Å². The molecule has 0 amide bonds. The van der Waals surface area contributed by atoms with Gasteiger partial charge in [0, 0.05) is 32.2 Å². The average molecular weight is 318 g/mol. The summed E-state index contributed by atoms with van der Waals surface area (Å²) in [6.45, 7) is 6.57. The van der Waals surface area contributed by atoms with E-state index >= 15 is 0 Å². The number of benzene rings is 1. The Bertz CT molecular complexity index is 474. The summed E-state index contributed by atoms with van der Waals surface area (Å²) in [5.74, 6) is 0. The van der Waals surface area contributed by atoms with Gasteiger partial charge in [-0.2, -0.15) is 0 Å². The standard InChI is InChI=1S/C19H30N2O2/c1-16(20-15-19(22)9-5-6-10-19)18-14-21(11-12-23-18)13-17-7-3-2-4-8-17/h2-4,7-8,16,18,20,22H,5-6,9-15H2,1H3. The topological polar surface area (TPSA) is 44.7 Å². The molecule has 1 saturated carbocycles. The minimum Gasteiger partial charge on any atom is -0.389 e. The first-order chi connectivity index (χ1) is 11.1. The number of rotatable bonds is 6. The molecule has 1 aromatic rings. The van der Waals surface area contributed by atoms with Gasteiger partial charge in [0.2, 0.25) is 0 Å². The highest BCUT2D eigenvalue weighted by Crippen LogP contribution is 2.28. The number of nitrogens with zero attached hydrogens (tertiary/aromatic N) is 1. The third-order valence-electron chi connectivity index (χ3n) is 5.27. The third kappa shape index (κ3) is 4.77. The Morgan fingerprint density at radius 1 is 1.30 bits per heavy atom. The zero-order chi connectivity index (χ0) is 16.1. The van der Waals surface area contributed by atoms with Crippen LogP contribution in [0, 0.1) is 0 Å². The molecule has 2 unspecified atom stereocenters. The van der Waals surface area contributed by atoms with Crippen LogP contribution < -0.4 is 5.32 Å². The molecule has 0 aromatic heterocycles. The van der Waals surface area contributed by atoms with E-state index in [-0.39, 0.29) is 12.1 Å². The highest BCUT2D eigenvalue weighted by molar-refractivity contribution is 5.14. The van der Waals surface area contributed by atoms with E-state index in [0.717, 1.165) is 51.9 Å². The number of hydrogen-bond acceptors (Lipinski definition) is 4. The maximum absolute atomic E-state index is 10.5. The van der Waals surface area contributed by atoms with E-state index in [1.807, 2.05) is 0 Å². The molecule has 1 heterocycles. The first-order valence-corrected chi connectivity index (χ1v) is 8.98. The summed E-state index contributed by atoms with van der Waals surface area (Å²) < 4.78 is 5.97. The molecular formula is C19H30N2O2. The predicted octanol–water partition coefficient (Wildman–Crippen LogP) is 2.17. The van der Waals surface area contributed by atoms with Crippen LogP contribution in [0.15, 0.2) is 30.3 Å². The van der Waals surface area contributed by atoms with E-state index in [4.69, 9.17) is 4.74 Å². The van der Waals surface area contributed by atoms with Crippen molar-refractivity contribution in [2.75, 3.05) is 26.2 Å². The lowest BCUT2D eigenvalue weighted by molar-refractivity contribution is -0.0503. The van der Waals surface area contributed by atoms with Gasteiger partial charge in [-0.3, -0.25) is 4.90 Å². The van der Waals surface area contributed by atoms with Crippen LogP contribution >= 0.6 is 0 Å². The van der Waals surface area contributed by atoms with Crippen LogP contribution in [0.2, 0.25) is 0 Å². The molecule has 23 heavy (non-hydrogen) atoms. The lowest BCUT2D eigenvalue weighted by Gasteiger charge is -2.37. The molecule has 128 valence electrons. The van der Waals surface area contributed by atoms with E-state index in [1.54, 1.807) is 0 Å². The lowest BCUT2D eigenvalue weighted by atomic mass is 10.0. The van der Waals surface area contributed by atoms with Gasteiger partial charge in [0.15, 0.2) is 0 Å². The lowest BCUT2D eigenvalue weighted by Crippen LogP contribution is -2.53. The van der Waals surface area contributed by atoms with Gasteiger partial charge in [-0.15, -0.1) is 0 Å². The normalized spacial score (nSPS) is 26.3. The Morgan fingerprint density at radius 2 is 2.04 bits per heavy atom. The minimum atomic E-state index is -0.493. The fourth-order valence-corrected chi connectivity index (χ4v) is 3.71. The molecule has 4 heteroatoms. The molecule has 1 aliphatic heterocycles. The molecule has 1 aromatic carbocycles. The Balaban J connectivity index is 1.47. The van der Waals surface area contributed by atoms with Crippen molar-refractivity contribution in [3.63, 3.8) is 0 Å². The second-order valence-electron chi connectivity index (χ2n) is 7.23. The summed E-state index contributed by atoms with van der Waals surface area (Å²) >= 11 is 0. The van der Waals surface area contributed by atoms with Crippen LogP contribution in [0.25, 0.3) is 0 Å². The Morgan fingerprint density at radius 3 is 2.78 bits per heavy atom. The monoisotopic (exact) mass is 318 g/mol. The summed E-state index contributed by atoms with van der Waals surface area (Å²) in [7, 11) is 0. The van der Waals surface area contributed by atoms with E-state index in [0.29, 0.717) is 6.54 Å². The molecule has 1 aliphatic carbocycles. The van der Waals surface area contributed by atoms with Gasteiger partial charge in [-0.25, -0.2) is 0 Å². The van der Waals surface area contributed by atoms with Crippen molar-refractivity contribution in [3.05, 3.63) is 35.9 Å². The van der Waals surface area contributed by atoms with Gasteiger partial charge in [0.1, 0.15) is 0 Å². The van der Waals surface area contributed by atoms with E-state index in [1.165, 1.54) is 5.56 Å². The number of nitrogens with one attached hydrogen (secondary N) is 1. The smallest absolute Gasteiger partial charge is 0.0852 e. The van der Waals surface area contributed by atoms with Crippen molar-refractivity contribution in [1.29, 1.82) is 0 Å². The van der Waals surface area contributed by atoms with Crippen molar-refractivity contribution in [2.45, 2.75) is 56.9 Å². The molecule has 0 radical (unpaired) electrons. The summed E-state index contributed by atoms with van der Waals surface area (Å²) in [5, 5.41) is 14.0. The SMILES string of the molecule is CC(NCC1(O)CCCC1)C1CN(Cc2ccccc2)CCO1. The first-order valence-electron chi connectivity index (χ1n) is 8.98. The van der Waals surface area contributed by atoms with Crippen LogP contribution in [0.3, 0.4) is 0 Å². The van der Waals surface area contributed by atoms with Crippen molar-refractivity contribution in [2.24, 2.45) is 0 Å². The first kappa shape index (κ1) is 16.9. The van der Waals surface area contributed by atoms with Crippen molar-refractivity contribution < 1.29 is 9.84 Å². The molecule has 2 atom stereocenters. The molecular weight excluding hydrogens is 288 g/mol. The van der Waals surface area contributed by atoms with E-state index < -0.39 is 5.60 Å². The number of hydrogen-bond donors (Lipinski definition) is 2. The maximum atomic E-state index is 10.5. The molecule has 2 aliphatic rings. The van der Waals surface area contributed by atoms with Crippen LogP contribution in [0.4, 0.5) is 0 Å². The van der Waals surface area contributed by atoms with E-state index in [2.05, 4.69) is 47.5 Å². The molecule has 3 rings (SSSR count). The van der Waals surface area contributed by atoms with Gasteiger partial charge >= 0.3 is 0 Å². The van der Waals surface area contributed by atoms with Crippen molar-refractivity contribution >= 4 is 0 Å².